The van der Waals surface area contributed by atoms with Gasteiger partial charge < -0.3 is 20.1 Å². The van der Waals surface area contributed by atoms with Crippen LogP contribution >= 0.6 is 35.6 Å². The Labute approximate surface area is 183 Å². The topological polar surface area (TPSA) is 54.9 Å². The molecule has 2 rings (SSSR count). The van der Waals surface area contributed by atoms with Crippen LogP contribution in [0.5, 0.6) is 5.75 Å². The van der Waals surface area contributed by atoms with Crippen molar-refractivity contribution in [3.8, 4) is 5.75 Å². The number of hydrogen-bond donors (Lipinski definition) is 2. The molecule has 2 N–H and O–H groups in total. The summed E-state index contributed by atoms with van der Waals surface area (Å²) in [6.45, 7) is 5.10. The van der Waals surface area contributed by atoms with Gasteiger partial charge in [0.2, 0.25) is 0 Å². The second-order valence-electron chi connectivity index (χ2n) is 5.63. The molecular formula is C20H27ClIN3O2. The third-order valence-corrected chi connectivity index (χ3v) is 3.99. The van der Waals surface area contributed by atoms with Crippen molar-refractivity contribution in [1.29, 1.82) is 0 Å². The fraction of sp³-hybridized carbons (Fsp3) is 0.350. The third-order valence-electron chi connectivity index (χ3n) is 3.62. The smallest absolute Gasteiger partial charge is 0.191 e. The average Bonchev–Trinajstić information content (AvgIpc) is 2.66. The molecule has 0 fully saturated rings. The first-order chi connectivity index (χ1) is 12.7. The molecule has 0 aliphatic heterocycles. The molecule has 0 radical (unpaired) electrons. The van der Waals surface area contributed by atoms with Gasteiger partial charge in [-0.2, -0.15) is 0 Å². The number of methoxy groups -OCH3 is 1. The van der Waals surface area contributed by atoms with Gasteiger partial charge in [0.1, 0.15) is 12.4 Å². The Kier molecular flexibility index (Phi) is 11.9. The van der Waals surface area contributed by atoms with Crippen molar-refractivity contribution in [1.82, 2.24) is 10.6 Å². The van der Waals surface area contributed by atoms with Crippen LogP contribution in [0.2, 0.25) is 5.02 Å². The summed E-state index contributed by atoms with van der Waals surface area (Å²) >= 11 is 6.20. The zero-order valence-electron chi connectivity index (χ0n) is 15.7. The van der Waals surface area contributed by atoms with Crippen LogP contribution < -0.4 is 15.4 Å². The normalized spacial score (nSPS) is 10.9. The number of halogens is 2. The van der Waals surface area contributed by atoms with Crippen LogP contribution in [0.3, 0.4) is 0 Å². The largest absolute Gasteiger partial charge is 0.491 e. The van der Waals surface area contributed by atoms with E-state index in [9.17, 15) is 0 Å². The molecular weight excluding hydrogens is 477 g/mol. The van der Waals surface area contributed by atoms with Crippen LogP contribution in [0.25, 0.3) is 0 Å². The van der Waals surface area contributed by atoms with Crippen molar-refractivity contribution >= 4 is 41.5 Å². The molecule has 0 amide bonds. The van der Waals surface area contributed by atoms with Crippen molar-refractivity contribution in [3.63, 3.8) is 0 Å². The van der Waals surface area contributed by atoms with Gasteiger partial charge in [-0.05, 0) is 36.2 Å². The Morgan fingerprint density at radius 1 is 1.07 bits per heavy atom. The standard InChI is InChI=1S/C20H26ClN3O2.HI/c1-3-22-20(24-15-17-8-4-5-10-19(17)21)23-14-16-7-6-9-18(13-16)26-12-11-25-2;/h4-10,13H,3,11-12,14-15H2,1-2H3,(H2,22,23,24);1H. The van der Waals surface area contributed by atoms with E-state index < -0.39 is 0 Å². The zero-order valence-corrected chi connectivity index (χ0v) is 18.8. The number of guanidine groups is 1. The van der Waals surface area contributed by atoms with Gasteiger partial charge >= 0.3 is 0 Å². The van der Waals surface area contributed by atoms with Crippen molar-refractivity contribution < 1.29 is 9.47 Å². The molecule has 0 saturated heterocycles. The summed E-state index contributed by atoms with van der Waals surface area (Å²) in [5.74, 6) is 1.57. The van der Waals surface area contributed by atoms with E-state index in [1.54, 1.807) is 7.11 Å². The summed E-state index contributed by atoms with van der Waals surface area (Å²) < 4.78 is 10.6. The van der Waals surface area contributed by atoms with Crippen LogP contribution in [-0.4, -0.2) is 32.8 Å². The number of ether oxygens (including phenoxy) is 2. The molecule has 0 atom stereocenters. The Morgan fingerprint density at radius 2 is 1.89 bits per heavy atom. The Bertz CT molecular complexity index is 713. The number of hydrogen-bond acceptors (Lipinski definition) is 3. The fourth-order valence-corrected chi connectivity index (χ4v) is 2.51. The molecule has 2 aromatic carbocycles. The maximum Gasteiger partial charge on any atom is 0.191 e. The van der Waals surface area contributed by atoms with Gasteiger partial charge in [0, 0.05) is 25.2 Å². The molecule has 0 bridgehead atoms. The minimum atomic E-state index is 0. The van der Waals surface area contributed by atoms with Gasteiger partial charge in [-0.1, -0.05) is 41.9 Å². The summed E-state index contributed by atoms with van der Waals surface area (Å²) in [5, 5.41) is 7.31. The van der Waals surface area contributed by atoms with Crippen molar-refractivity contribution in [2.45, 2.75) is 20.0 Å². The molecule has 0 aromatic heterocycles. The van der Waals surface area contributed by atoms with Crippen LogP contribution in [0.15, 0.2) is 53.5 Å². The molecule has 148 valence electrons. The summed E-state index contributed by atoms with van der Waals surface area (Å²) in [6.07, 6.45) is 0. The van der Waals surface area contributed by atoms with E-state index >= 15 is 0 Å². The molecule has 0 unspecified atom stereocenters. The van der Waals surface area contributed by atoms with E-state index in [0.29, 0.717) is 26.3 Å². The Balaban J connectivity index is 0.00000364. The van der Waals surface area contributed by atoms with Gasteiger partial charge in [0.05, 0.1) is 13.2 Å². The van der Waals surface area contributed by atoms with Crippen LogP contribution in [0.4, 0.5) is 0 Å². The van der Waals surface area contributed by atoms with E-state index in [0.717, 1.165) is 34.4 Å². The lowest BCUT2D eigenvalue weighted by molar-refractivity contribution is 0.146. The molecule has 0 aliphatic rings. The van der Waals surface area contributed by atoms with E-state index in [-0.39, 0.29) is 24.0 Å². The molecule has 5 nitrogen and oxygen atoms in total. The zero-order chi connectivity index (χ0) is 18.6. The highest BCUT2D eigenvalue weighted by atomic mass is 127. The van der Waals surface area contributed by atoms with Crippen molar-refractivity contribution in [3.05, 3.63) is 64.7 Å². The summed E-state index contributed by atoms with van der Waals surface area (Å²) in [4.78, 5) is 4.64. The highest BCUT2D eigenvalue weighted by Gasteiger charge is 2.02. The molecule has 0 heterocycles. The van der Waals surface area contributed by atoms with Crippen LogP contribution in [-0.2, 0) is 17.8 Å². The maximum absolute atomic E-state index is 6.20. The number of nitrogens with one attached hydrogen (secondary N) is 2. The van der Waals surface area contributed by atoms with E-state index in [2.05, 4.69) is 15.6 Å². The lowest BCUT2D eigenvalue weighted by Crippen LogP contribution is -2.36. The molecule has 0 saturated carbocycles. The van der Waals surface area contributed by atoms with Crippen molar-refractivity contribution in [2.24, 2.45) is 4.99 Å². The van der Waals surface area contributed by atoms with Crippen LogP contribution in [0, 0.1) is 0 Å². The minimum Gasteiger partial charge on any atom is -0.491 e. The van der Waals surface area contributed by atoms with Crippen LogP contribution in [0.1, 0.15) is 18.1 Å². The SMILES string of the molecule is CCNC(=NCc1cccc(OCCOC)c1)NCc1ccccc1Cl.I. The molecule has 0 aliphatic carbocycles. The lowest BCUT2D eigenvalue weighted by Gasteiger charge is -2.12. The van der Waals surface area contributed by atoms with Crippen molar-refractivity contribution in [2.75, 3.05) is 26.9 Å². The van der Waals surface area contributed by atoms with E-state index in [4.69, 9.17) is 21.1 Å². The summed E-state index contributed by atoms with van der Waals surface area (Å²) in [6, 6.07) is 15.7. The van der Waals surface area contributed by atoms with Gasteiger partial charge in [-0.15, -0.1) is 24.0 Å². The van der Waals surface area contributed by atoms with E-state index in [1.165, 1.54) is 0 Å². The molecule has 27 heavy (non-hydrogen) atoms. The molecule has 2 aromatic rings. The fourth-order valence-electron chi connectivity index (χ4n) is 2.31. The number of nitrogens with zero attached hydrogens (tertiary/aromatic N) is 1. The van der Waals surface area contributed by atoms with Gasteiger partial charge in [0.15, 0.2) is 5.96 Å². The molecule has 7 heteroatoms. The Morgan fingerprint density at radius 3 is 2.63 bits per heavy atom. The lowest BCUT2D eigenvalue weighted by atomic mass is 10.2. The third kappa shape index (κ3) is 8.81. The predicted molar refractivity (Wildman–Crippen MR) is 122 cm³/mol. The number of aliphatic imine (C=N–C) groups is 1. The maximum atomic E-state index is 6.20. The van der Waals surface area contributed by atoms with E-state index in [1.807, 2.05) is 55.5 Å². The number of benzene rings is 2. The average molecular weight is 504 g/mol. The minimum absolute atomic E-state index is 0. The quantitative estimate of drug-likeness (QED) is 0.233. The first kappa shape index (κ1) is 23.5. The highest BCUT2D eigenvalue weighted by Crippen LogP contribution is 2.15. The predicted octanol–water partition coefficient (Wildman–Crippen LogP) is 4.24. The summed E-state index contributed by atoms with van der Waals surface area (Å²) in [5.41, 5.74) is 2.11. The number of rotatable bonds is 9. The molecule has 0 spiro atoms. The second kappa shape index (κ2) is 13.6. The Hall–Kier alpha value is -1.51. The second-order valence-corrected chi connectivity index (χ2v) is 6.04. The van der Waals surface area contributed by atoms with Gasteiger partial charge in [-0.25, -0.2) is 4.99 Å². The first-order valence-corrected chi connectivity index (χ1v) is 9.07. The first-order valence-electron chi connectivity index (χ1n) is 8.69. The monoisotopic (exact) mass is 503 g/mol. The van der Waals surface area contributed by atoms with Gasteiger partial charge in [0.25, 0.3) is 0 Å². The summed E-state index contributed by atoms with van der Waals surface area (Å²) in [7, 11) is 1.66. The van der Waals surface area contributed by atoms with Gasteiger partial charge in [-0.3, -0.25) is 0 Å². The highest BCUT2D eigenvalue weighted by molar-refractivity contribution is 14.0.